The van der Waals surface area contributed by atoms with Gasteiger partial charge in [0.25, 0.3) is 0 Å². The zero-order valence-electron chi connectivity index (χ0n) is 13.7. The van der Waals surface area contributed by atoms with Crippen LogP contribution in [0.2, 0.25) is 0 Å². The third-order valence-electron chi connectivity index (χ3n) is 4.35. The standard InChI is InChI=1S/C22H18O3/c1-2-6-18-19(15-7-4-3-5-8-15)12-17(23)13-20(18)16-9-10-21-22(11-16)25-14-24-21/h2-5,7-13,23H,1,6,14H2. The van der Waals surface area contributed by atoms with Crippen molar-refractivity contribution in [3.63, 3.8) is 0 Å². The summed E-state index contributed by atoms with van der Waals surface area (Å²) in [5.41, 5.74) is 5.15. The summed E-state index contributed by atoms with van der Waals surface area (Å²) in [6.07, 6.45) is 2.59. The molecule has 1 aliphatic rings. The van der Waals surface area contributed by atoms with Crippen molar-refractivity contribution in [1.82, 2.24) is 0 Å². The lowest BCUT2D eigenvalue weighted by molar-refractivity contribution is 0.174. The van der Waals surface area contributed by atoms with E-state index in [1.807, 2.05) is 60.7 Å². The van der Waals surface area contributed by atoms with E-state index in [4.69, 9.17) is 9.47 Å². The highest BCUT2D eigenvalue weighted by Gasteiger charge is 2.17. The Hall–Kier alpha value is -3.20. The molecule has 3 aromatic rings. The molecule has 0 saturated heterocycles. The van der Waals surface area contributed by atoms with Gasteiger partial charge in [0, 0.05) is 0 Å². The fraction of sp³-hybridized carbons (Fsp3) is 0.0909. The first-order chi connectivity index (χ1) is 12.3. The molecular weight excluding hydrogens is 312 g/mol. The lowest BCUT2D eigenvalue weighted by atomic mass is 9.89. The number of hydrogen-bond donors (Lipinski definition) is 1. The van der Waals surface area contributed by atoms with Gasteiger partial charge in [0.15, 0.2) is 11.5 Å². The minimum absolute atomic E-state index is 0.235. The van der Waals surface area contributed by atoms with Gasteiger partial charge in [-0.2, -0.15) is 0 Å². The Labute approximate surface area is 146 Å². The first-order valence-electron chi connectivity index (χ1n) is 8.18. The molecule has 0 amide bonds. The van der Waals surface area contributed by atoms with Gasteiger partial charge < -0.3 is 14.6 Å². The van der Waals surface area contributed by atoms with Crippen LogP contribution in [-0.2, 0) is 6.42 Å². The first-order valence-corrected chi connectivity index (χ1v) is 8.18. The van der Waals surface area contributed by atoms with Crippen LogP contribution in [0.15, 0.2) is 73.3 Å². The number of phenolic OH excluding ortho intramolecular Hbond substituents is 1. The minimum atomic E-state index is 0.235. The van der Waals surface area contributed by atoms with Gasteiger partial charge in [-0.3, -0.25) is 0 Å². The highest BCUT2D eigenvalue weighted by atomic mass is 16.7. The minimum Gasteiger partial charge on any atom is -0.508 e. The molecular formula is C22H18O3. The van der Waals surface area contributed by atoms with E-state index in [0.717, 1.165) is 39.3 Å². The Morgan fingerprint density at radius 2 is 1.60 bits per heavy atom. The zero-order chi connectivity index (χ0) is 17.2. The van der Waals surface area contributed by atoms with Crippen molar-refractivity contribution in [3.05, 3.63) is 78.9 Å². The lowest BCUT2D eigenvalue weighted by Gasteiger charge is -2.16. The SMILES string of the molecule is C=CCc1c(-c2ccccc2)cc(O)cc1-c1ccc2c(c1)OCO2. The van der Waals surface area contributed by atoms with Gasteiger partial charge in [-0.05, 0) is 58.5 Å². The summed E-state index contributed by atoms with van der Waals surface area (Å²) in [6, 6.07) is 19.5. The lowest BCUT2D eigenvalue weighted by Crippen LogP contribution is -1.94. The van der Waals surface area contributed by atoms with E-state index in [9.17, 15) is 5.11 Å². The predicted octanol–water partition coefficient (Wildman–Crippen LogP) is 5.18. The largest absolute Gasteiger partial charge is 0.508 e. The molecule has 3 aromatic carbocycles. The maximum absolute atomic E-state index is 10.3. The Bertz CT molecular complexity index is 930. The van der Waals surface area contributed by atoms with Crippen LogP contribution in [0.5, 0.6) is 17.2 Å². The molecule has 124 valence electrons. The summed E-state index contributed by atoms with van der Waals surface area (Å²) in [5.74, 6) is 1.71. The van der Waals surface area contributed by atoms with Crippen LogP contribution in [0.3, 0.4) is 0 Å². The second-order valence-corrected chi connectivity index (χ2v) is 5.95. The molecule has 0 aliphatic carbocycles. The summed E-state index contributed by atoms with van der Waals surface area (Å²) in [6.45, 7) is 4.14. The van der Waals surface area contributed by atoms with Crippen molar-refractivity contribution in [2.24, 2.45) is 0 Å². The van der Waals surface area contributed by atoms with Crippen LogP contribution in [0, 0.1) is 0 Å². The molecule has 4 rings (SSSR count). The van der Waals surface area contributed by atoms with E-state index in [-0.39, 0.29) is 12.5 Å². The second kappa shape index (κ2) is 6.36. The highest BCUT2D eigenvalue weighted by Crippen LogP contribution is 2.41. The van der Waals surface area contributed by atoms with Gasteiger partial charge in [0.1, 0.15) is 5.75 Å². The normalized spacial score (nSPS) is 12.2. The fourth-order valence-electron chi connectivity index (χ4n) is 3.22. The van der Waals surface area contributed by atoms with Crippen LogP contribution in [0.4, 0.5) is 0 Å². The van der Waals surface area contributed by atoms with E-state index in [1.165, 1.54) is 0 Å². The van der Waals surface area contributed by atoms with Crippen LogP contribution in [0.1, 0.15) is 5.56 Å². The predicted molar refractivity (Wildman–Crippen MR) is 99.0 cm³/mol. The van der Waals surface area contributed by atoms with Crippen LogP contribution >= 0.6 is 0 Å². The number of ether oxygens (including phenoxy) is 2. The van der Waals surface area contributed by atoms with Crippen LogP contribution in [-0.4, -0.2) is 11.9 Å². The van der Waals surface area contributed by atoms with E-state index >= 15 is 0 Å². The molecule has 1 aliphatic heterocycles. The van der Waals surface area contributed by atoms with Crippen LogP contribution < -0.4 is 9.47 Å². The van der Waals surface area contributed by atoms with Crippen LogP contribution in [0.25, 0.3) is 22.3 Å². The van der Waals surface area contributed by atoms with Gasteiger partial charge in [0.2, 0.25) is 6.79 Å². The molecule has 3 nitrogen and oxygen atoms in total. The molecule has 0 bridgehead atoms. The third kappa shape index (κ3) is 2.85. The maximum atomic E-state index is 10.3. The Kier molecular flexibility index (Phi) is 3.90. The average Bonchev–Trinajstić information content (AvgIpc) is 3.11. The Balaban J connectivity index is 1.93. The van der Waals surface area contributed by atoms with Crippen molar-refractivity contribution in [2.75, 3.05) is 6.79 Å². The van der Waals surface area contributed by atoms with Gasteiger partial charge >= 0.3 is 0 Å². The highest BCUT2D eigenvalue weighted by molar-refractivity contribution is 5.81. The van der Waals surface area contributed by atoms with Crippen molar-refractivity contribution in [2.45, 2.75) is 6.42 Å². The average molecular weight is 330 g/mol. The molecule has 0 radical (unpaired) electrons. The smallest absolute Gasteiger partial charge is 0.231 e. The first kappa shape index (κ1) is 15.3. The summed E-state index contributed by atoms with van der Waals surface area (Å²) in [5, 5.41) is 10.3. The van der Waals surface area contributed by atoms with Crippen molar-refractivity contribution < 1.29 is 14.6 Å². The van der Waals surface area contributed by atoms with Gasteiger partial charge in [-0.15, -0.1) is 6.58 Å². The monoisotopic (exact) mass is 330 g/mol. The number of hydrogen-bond acceptors (Lipinski definition) is 3. The molecule has 25 heavy (non-hydrogen) atoms. The molecule has 0 saturated carbocycles. The van der Waals surface area contributed by atoms with E-state index in [1.54, 1.807) is 6.07 Å². The summed E-state index contributed by atoms with van der Waals surface area (Å²) in [4.78, 5) is 0. The number of rotatable bonds is 4. The molecule has 0 spiro atoms. The number of phenols is 1. The molecule has 0 unspecified atom stereocenters. The van der Waals surface area contributed by atoms with Crippen molar-refractivity contribution in [1.29, 1.82) is 0 Å². The molecule has 1 N–H and O–H groups in total. The van der Waals surface area contributed by atoms with E-state index < -0.39 is 0 Å². The van der Waals surface area contributed by atoms with Gasteiger partial charge in [-0.1, -0.05) is 42.5 Å². The molecule has 0 aromatic heterocycles. The summed E-state index contributed by atoms with van der Waals surface area (Å²) >= 11 is 0. The van der Waals surface area contributed by atoms with Crippen molar-refractivity contribution >= 4 is 0 Å². The van der Waals surface area contributed by atoms with E-state index in [2.05, 4.69) is 6.58 Å². The molecule has 3 heteroatoms. The number of benzene rings is 3. The number of fused-ring (bicyclic) bond motifs is 1. The second-order valence-electron chi connectivity index (χ2n) is 5.95. The Morgan fingerprint density at radius 1 is 0.880 bits per heavy atom. The maximum Gasteiger partial charge on any atom is 0.231 e. The van der Waals surface area contributed by atoms with Gasteiger partial charge in [-0.25, -0.2) is 0 Å². The topological polar surface area (TPSA) is 38.7 Å². The number of allylic oxidation sites excluding steroid dienone is 1. The molecule has 0 atom stereocenters. The fourth-order valence-corrected chi connectivity index (χ4v) is 3.22. The zero-order valence-corrected chi connectivity index (χ0v) is 13.7. The van der Waals surface area contributed by atoms with Crippen molar-refractivity contribution in [3.8, 4) is 39.5 Å². The molecule has 1 heterocycles. The number of aromatic hydroxyl groups is 1. The quantitative estimate of drug-likeness (QED) is 0.670. The molecule has 0 fully saturated rings. The summed E-state index contributed by atoms with van der Waals surface area (Å²) in [7, 11) is 0. The van der Waals surface area contributed by atoms with Gasteiger partial charge in [0.05, 0.1) is 0 Å². The summed E-state index contributed by atoms with van der Waals surface area (Å²) < 4.78 is 10.9. The third-order valence-corrected chi connectivity index (χ3v) is 4.35. The van der Waals surface area contributed by atoms with E-state index in [0.29, 0.717) is 6.42 Å². The Morgan fingerprint density at radius 3 is 2.36 bits per heavy atom.